The van der Waals surface area contributed by atoms with E-state index in [4.69, 9.17) is 5.11 Å². The van der Waals surface area contributed by atoms with E-state index in [0.717, 1.165) is 12.8 Å². The first-order valence-corrected chi connectivity index (χ1v) is 7.56. The molecule has 8 heteroatoms. The summed E-state index contributed by atoms with van der Waals surface area (Å²) in [5.74, 6) is -1.06. The summed E-state index contributed by atoms with van der Waals surface area (Å²) in [6, 6.07) is 0. The molecule has 1 atom stereocenters. The Hall–Kier alpha value is -1.41. The first-order valence-electron chi connectivity index (χ1n) is 6.12. The molecule has 1 aliphatic rings. The fraction of sp³-hybridized carbons (Fsp3) is 0.636. The summed E-state index contributed by atoms with van der Waals surface area (Å²) in [6.45, 7) is 4.35. The molecule has 2 N–H and O–H groups in total. The minimum Gasteiger partial charge on any atom is -0.476 e. The molecule has 1 aromatic rings. The van der Waals surface area contributed by atoms with Crippen LogP contribution >= 0.6 is 0 Å². The number of rotatable bonds is 3. The van der Waals surface area contributed by atoms with Crippen LogP contribution in [0.2, 0.25) is 0 Å². The number of aromatic nitrogens is 2. The molecular weight excluding hydrogens is 270 g/mol. The topological polar surface area (TPSA) is 103 Å². The average Bonchev–Trinajstić information content (AvgIpc) is 2.72. The van der Waals surface area contributed by atoms with Gasteiger partial charge in [0, 0.05) is 13.1 Å². The van der Waals surface area contributed by atoms with Gasteiger partial charge in [0.1, 0.15) is 4.90 Å². The van der Waals surface area contributed by atoms with Crippen molar-refractivity contribution in [2.75, 3.05) is 13.1 Å². The predicted octanol–water partition coefficient (Wildman–Crippen LogP) is 0.837. The van der Waals surface area contributed by atoms with E-state index in [1.807, 2.05) is 6.92 Å². The van der Waals surface area contributed by atoms with Crippen LogP contribution < -0.4 is 0 Å². The molecule has 7 nitrogen and oxygen atoms in total. The highest BCUT2D eigenvalue weighted by atomic mass is 32.2. The first-order chi connectivity index (χ1) is 8.84. The zero-order valence-electron chi connectivity index (χ0n) is 10.9. The molecule has 106 valence electrons. The van der Waals surface area contributed by atoms with Gasteiger partial charge in [-0.2, -0.15) is 9.40 Å². The zero-order chi connectivity index (χ0) is 14.2. The monoisotopic (exact) mass is 287 g/mol. The minimum atomic E-state index is -3.80. The van der Waals surface area contributed by atoms with Gasteiger partial charge in [0.05, 0.1) is 5.69 Å². The number of H-pyrrole nitrogens is 1. The molecule has 0 amide bonds. The molecule has 2 heterocycles. The van der Waals surface area contributed by atoms with Crippen molar-refractivity contribution in [3.05, 3.63) is 11.4 Å². The van der Waals surface area contributed by atoms with E-state index >= 15 is 0 Å². The number of piperidine rings is 1. The number of aromatic amines is 1. The molecule has 1 aromatic heterocycles. The number of carboxylic acids is 1. The third kappa shape index (κ3) is 2.50. The van der Waals surface area contributed by atoms with E-state index in [1.165, 1.54) is 11.2 Å². The highest BCUT2D eigenvalue weighted by Gasteiger charge is 2.35. The van der Waals surface area contributed by atoms with Crippen molar-refractivity contribution in [1.29, 1.82) is 0 Å². The van der Waals surface area contributed by atoms with Crippen molar-refractivity contribution < 1.29 is 18.3 Å². The molecule has 0 bridgehead atoms. The highest BCUT2D eigenvalue weighted by molar-refractivity contribution is 7.89. The van der Waals surface area contributed by atoms with Crippen molar-refractivity contribution in [2.24, 2.45) is 5.92 Å². The predicted molar refractivity (Wildman–Crippen MR) is 67.4 cm³/mol. The van der Waals surface area contributed by atoms with Crippen molar-refractivity contribution >= 4 is 16.0 Å². The van der Waals surface area contributed by atoms with Gasteiger partial charge in [0.2, 0.25) is 10.0 Å². The Kier molecular flexibility index (Phi) is 3.64. The Bertz CT molecular complexity index is 593. The van der Waals surface area contributed by atoms with E-state index in [-0.39, 0.29) is 16.5 Å². The normalized spacial score (nSPS) is 21.5. The fourth-order valence-corrected chi connectivity index (χ4v) is 4.26. The van der Waals surface area contributed by atoms with E-state index < -0.39 is 21.7 Å². The van der Waals surface area contributed by atoms with Crippen molar-refractivity contribution in [3.63, 3.8) is 0 Å². The summed E-state index contributed by atoms with van der Waals surface area (Å²) in [6.07, 6.45) is 1.78. The number of hydrogen-bond donors (Lipinski definition) is 2. The van der Waals surface area contributed by atoms with Crippen LogP contribution in [0.4, 0.5) is 0 Å². The Balaban J connectivity index is 2.45. The number of carboxylic acid groups (broad SMARTS) is 1. The molecule has 1 saturated heterocycles. The SMILES string of the molecule is Cc1[nH]nc(C(=O)O)c1S(=O)(=O)N1CCCC(C)C1. The van der Waals surface area contributed by atoms with Gasteiger partial charge in [0.15, 0.2) is 5.69 Å². The van der Waals surface area contributed by atoms with Gasteiger partial charge < -0.3 is 5.11 Å². The molecule has 2 rings (SSSR count). The van der Waals surface area contributed by atoms with Crippen molar-refractivity contribution in [3.8, 4) is 0 Å². The molecule has 0 saturated carbocycles. The molecule has 0 aliphatic carbocycles. The molecule has 1 unspecified atom stereocenters. The summed E-state index contributed by atoms with van der Waals surface area (Å²) >= 11 is 0. The fourth-order valence-electron chi connectivity index (χ4n) is 2.37. The van der Waals surface area contributed by atoms with E-state index in [0.29, 0.717) is 13.1 Å². The number of nitrogens with one attached hydrogen (secondary N) is 1. The third-order valence-corrected chi connectivity index (χ3v) is 5.34. The van der Waals surface area contributed by atoms with Crippen LogP contribution in [-0.2, 0) is 10.0 Å². The lowest BCUT2D eigenvalue weighted by Gasteiger charge is -2.29. The van der Waals surface area contributed by atoms with Gasteiger partial charge >= 0.3 is 5.97 Å². The van der Waals surface area contributed by atoms with Crippen molar-refractivity contribution in [1.82, 2.24) is 14.5 Å². The molecule has 1 fully saturated rings. The van der Waals surface area contributed by atoms with Crippen LogP contribution in [0.5, 0.6) is 0 Å². The van der Waals surface area contributed by atoms with E-state index in [1.54, 1.807) is 0 Å². The average molecular weight is 287 g/mol. The Morgan fingerprint density at radius 3 is 2.79 bits per heavy atom. The van der Waals surface area contributed by atoms with Crippen LogP contribution in [-0.4, -0.2) is 47.1 Å². The number of hydrogen-bond acceptors (Lipinski definition) is 4. The lowest BCUT2D eigenvalue weighted by Crippen LogP contribution is -2.39. The lowest BCUT2D eigenvalue weighted by atomic mass is 10.0. The van der Waals surface area contributed by atoms with Gasteiger partial charge in [-0.15, -0.1) is 0 Å². The van der Waals surface area contributed by atoms with Gasteiger partial charge in [-0.05, 0) is 25.7 Å². The van der Waals surface area contributed by atoms with Gasteiger partial charge in [0.25, 0.3) is 0 Å². The highest BCUT2D eigenvalue weighted by Crippen LogP contribution is 2.26. The maximum Gasteiger partial charge on any atom is 0.357 e. The zero-order valence-corrected chi connectivity index (χ0v) is 11.7. The summed E-state index contributed by atoms with van der Waals surface area (Å²) in [7, 11) is -3.80. The summed E-state index contributed by atoms with van der Waals surface area (Å²) in [5, 5.41) is 15.0. The second-order valence-electron chi connectivity index (χ2n) is 4.94. The van der Waals surface area contributed by atoms with Crippen LogP contribution in [0.3, 0.4) is 0 Å². The molecule has 19 heavy (non-hydrogen) atoms. The maximum absolute atomic E-state index is 12.5. The van der Waals surface area contributed by atoms with E-state index in [9.17, 15) is 13.2 Å². The third-order valence-electron chi connectivity index (χ3n) is 3.31. The van der Waals surface area contributed by atoms with E-state index in [2.05, 4.69) is 10.2 Å². The Morgan fingerprint density at radius 1 is 1.53 bits per heavy atom. The second kappa shape index (κ2) is 4.93. The number of sulfonamides is 1. The molecule has 0 spiro atoms. The Morgan fingerprint density at radius 2 is 2.21 bits per heavy atom. The number of carbonyl (C=O) groups is 1. The minimum absolute atomic E-state index is 0.214. The van der Waals surface area contributed by atoms with Crippen LogP contribution in [0.25, 0.3) is 0 Å². The number of nitrogens with zero attached hydrogens (tertiary/aromatic N) is 2. The lowest BCUT2D eigenvalue weighted by molar-refractivity contribution is 0.0686. The van der Waals surface area contributed by atoms with Gasteiger partial charge in [-0.3, -0.25) is 5.10 Å². The molecular formula is C11H17N3O4S. The van der Waals surface area contributed by atoms with Crippen LogP contribution in [0.1, 0.15) is 35.9 Å². The largest absolute Gasteiger partial charge is 0.476 e. The number of aryl methyl sites for hydroxylation is 1. The quantitative estimate of drug-likeness (QED) is 0.857. The van der Waals surface area contributed by atoms with Crippen LogP contribution in [0, 0.1) is 12.8 Å². The number of aromatic carboxylic acids is 1. The first kappa shape index (κ1) is 14.0. The van der Waals surface area contributed by atoms with Gasteiger partial charge in [-0.25, -0.2) is 13.2 Å². The Labute approximate surface area is 111 Å². The summed E-state index contributed by atoms with van der Waals surface area (Å²) < 4.78 is 26.4. The second-order valence-corrected chi connectivity index (χ2v) is 6.82. The van der Waals surface area contributed by atoms with Crippen molar-refractivity contribution in [2.45, 2.75) is 31.6 Å². The van der Waals surface area contributed by atoms with Crippen LogP contribution in [0.15, 0.2) is 4.90 Å². The molecule has 1 aliphatic heterocycles. The standard InChI is InChI=1S/C11H17N3O4S/c1-7-4-3-5-14(6-7)19(17,18)10-8(2)12-13-9(10)11(15)16/h7H,3-6H2,1-2H3,(H,12,13)(H,15,16). The summed E-state index contributed by atoms with van der Waals surface area (Å²) in [5.41, 5.74) is -0.175. The van der Waals surface area contributed by atoms with Gasteiger partial charge in [-0.1, -0.05) is 6.92 Å². The maximum atomic E-state index is 12.5. The smallest absolute Gasteiger partial charge is 0.357 e. The molecule has 0 radical (unpaired) electrons. The summed E-state index contributed by atoms with van der Waals surface area (Å²) in [4.78, 5) is 10.8. The molecule has 0 aromatic carbocycles.